The molecule has 0 bridgehead atoms. The number of rotatable bonds is 4. The summed E-state index contributed by atoms with van der Waals surface area (Å²) in [6, 6.07) is 0. The molecule has 0 atom stereocenters. The minimum Gasteiger partial charge on any atom is -0.481 e. The van der Waals surface area contributed by atoms with E-state index in [0.717, 1.165) is 30.9 Å². The maximum Gasteiger partial charge on any atom is 0.303 e. The van der Waals surface area contributed by atoms with Crippen molar-refractivity contribution in [3.63, 3.8) is 0 Å². The third-order valence-electron chi connectivity index (χ3n) is 4.47. The summed E-state index contributed by atoms with van der Waals surface area (Å²) in [4.78, 5) is 28.2. The van der Waals surface area contributed by atoms with E-state index < -0.39 is 5.97 Å². The fourth-order valence-corrected chi connectivity index (χ4v) is 4.82. The third kappa shape index (κ3) is 3.03. The summed E-state index contributed by atoms with van der Waals surface area (Å²) >= 11 is 1.79. The number of aryl methyl sites for hydroxylation is 1. The number of fused-ring (bicyclic) bond motifs is 3. The second kappa shape index (κ2) is 6.38. The molecule has 120 valence electrons. The van der Waals surface area contributed by atoms with Gasteiger partial charge in [-0.05, 0) is 37.7 Å². The van der Waals surface area contributed by atoms with Crippen molar-refractivity contribution < 1.29 is 14.7 Å². The van der Waals surface area contributed by atoms with Gasteiger partial charge in [-0.3, -0.25) is 19.4 Å². The molecular weight excluding hydrogens is 300 g/mol. The SMILES string of the molecule is CC(=O)N1CN(CCCC(=O)O)Cc2c1sc1c2CCCC1. The molecular formula is C16H22N2O3S. The van der Waals surface area contributed by atoms with E-state index in [1.807, 2.05) is 4.90 Å². The van der Waals surface area contributed by atoms with Gasteiger partial charge in [0.2, 0.25) is 5.91 Å². The van der Waals surface area contributed by atoms with Crippen LogP contribution in [-0.2, 0) is 29.0 Å². The van der Waals surface area contributed by atoms with Crippen molar-refractivity contribution in [3.8, 4) is 0 Å². The van der Waals surface area contributed by atoms with Crippen LogP contribution in [-0.4, -0.2) is 35.1 Å². The average Bonchev–Trinajstić information content (AvgIpc) is 2.84. The molecule has 22 heavy (non-hydrogen) atoms. The summed E-state index contributed by atoms with van der Waals surface area (Å²) in [5, 5.41) is 9.92. The van der Waals surface area contributed by atoms with Crippen molar-refractivity contribution in [2.45, 2.75) is 52.0 Å². The number of thiophene rings is 1. The number of hydrogen-bond acceptors (Lipinski definition) is 4. The van der Waals surface area contributed by atoms with Crippen LogP contribution in [0.1, 0.15) is 48.6 Å². The van der Waals surface area contributed by atoms with Gasteiger partial charge in [0.25, 0.3) is 0 Å². The molecule has 0 radical (unpaired) electrons. The molecule has 1 aliphatic heterocycles. The molecule has 1 aromatic heterocycles. The standard InChI is InChI=1S/C16H22N2O3S/c1-11(19)18-10-17(8-4-7-15(20)21)9-13-12-5-2-3-6-14(12)22-16(13)18/h2-10H2,1H3,(H,20,21). The van der Waals surface area contributed by atoms with Crippen molar-refractivity contribution >= 4 is 28.2 Å². The fraction of sp³-hybridized carbons (Fsp3) is 0.625. The summed E-state index contributed by atoms with van der Waals surface area (Å²) < 4.78 is 0. The topological polar surface area (TPSA) is 60.9 Å². The van der Waals surface area contributed by atoms with E-state index in [0.29, 0.717) is 13.1 Å². The first kappa shape index (κ1) is 15.5. The minimum atomic E-state index is -0.756. The highest BCUT2D eigenvalue weighted by Gasteiger charge is 2.31. The second-order valence-corrected chi connectivity index (χ2v) is 7.22. The fourth-order valence-electron chi connectivity index (χ4n) is 3.38. The number of anilines is 1. The van der Waals surface area contributed by atoms with Gasteiger partial charge in [-0.1, -0.05) is 0 Å². The maximum atomic E-state index is 12.0. The number of amides is 1. The number of carbonyl (C=O) groups is 2. The zero-order chi connectivity index (χ0) is 15.7. The lowest BCUT2D eigenvalue weighted by molar-refractivity contribution is -0.137. The quantitative estimate of drug-likeness (QED) is 0.926. The Hall–Kier alpha value is -1.40. The van der Waals surface area contributed by atoms with Crippen molar-refractivity contribution in [2.75, 3.05) is 18.1 Å². The minimum absolute atomic E-state index is 0.0720. The van der Waals surface area contributed by atoms with Gasteiger partial charge in [-0.2, -0.15) is 0 Å². The summed E-state index contributed by atoms with van der Waals surface area (Å²) in [7, 11) is 0. The van der Waals surface area contributed by atoms with Gasteiger partial charge >= 0.3 is 5.97 Å². The predicted octanol–water partition coefficient (Wildman–Crippen LogP) is 2.62. The summed E-state index contributed by atoms with van der Waals surface area (Å²) in [6.45, 7) is 3.77. The second-order valence-electron chi connectivity index (χ2n) is 6.13. The first-order valence-corrected chi connectivity index (χ1v) is 8.73. The van der Waals surface area contributed by atoms with Crippen molar-refractivity contribution in [1.29, 1.82) is 0 Å². The van der Waals surface area contributed by atoms with Gasteiger partial charge in [-0.25, -0.2) is 0 Å². The van der Waals surface area contributed by atoms with Crippen LogP contribution in [0, 0.1) is 0 Å². The van der Waals surface area contributed by atoms with E-state index >= 15 is 0 Å². The van der Waals surface area contributed by atoms with Crippen LogP contribution >= 0.6 is 11.3 Å². The lowest BCUT2D eigenvalue weighted by Gasteiger charge is -2.35. The molecule has 5 nitrogen and oxygen atoms in total. The Morgan fingerprint density at radius 2 is 2.00 bits per heavy atom. The number of aliphatic carboxylic acids is 1. The number of carbonyl (C=O) groups excluding carboxylic acids is 1. The molecule has 3 rings (SSSR count). The zero-order valence-corrected chi connectivity index (χ0v) is 13.7. The summed E-state index contributed by atoms with van der Waals surface area (Å²) in [5.41, 5.74) is 2.77. The molecule has 0 aromatic carbocycles. The Morgan fingerprint density at radius 3 is 2.73 bits per heavy atom. The molecule has 2 heterocycles. The van der Waals surface area contributed by atoms with Crippen LogP contribution in [0.25, 0.3) is 0 Å². The average molecular weight is 322 g/mol. The Labute approximate surface area is 134 Å². The molecule has 1 aliphatic carbocycles. The van der Waals surface area contributed by atoms with Gasteiger partial charge in [0.1, 0.15) is 5.00 Å². The Kier molecular flexibility index (Phi) is 4.49. The van der Waals surface area contributed by atoms with Crippen LogP contribution in [0.15, 0.2) is 0 Å². The van der Waals surface area contributed by atoms with Gasteiger partial charge in [0.15, 0.2) is 0 Å². The van der Waals surface area contributed by atoms with Gasteiger partial charge in [0.05, 0.1) is 6.67 Å². The maximum absolute atomic E-state index is 12.0. The monoisotopic (exact) mass is 322 g/mol. The van der Waals surface area contributed by atoms with E-state index in [2.05, 4.69) is 4.90 Å². The van der Waals surface area contributed by atoms with E-state index in [1.54, 1.807) is 18.3 Å². The number of hydrogen-bond donors (Lipinski definition) is 1. The molecule has 6 heteroatoms. The van der Waals surface area contributed by atoms with Crippen molar-refractivity contribution in [2.24, 2.45) is 0 Å². The van der Waals surface area contributed by atoms with Crippen LogP contribution in [0.2, 0.25) is 0 Å². The van der Waals surface area contributed by atoms with Crippen LogP contribution in [0.5, 0.6) is 0 Å². The molecule has 1 N–H and O–H groups in total. The Bertz CT molecular complexity index is 596. The highest BCUT2D eigenvalue weighted by molar-refractivity contribution is 7.16. The number of nitrogens with zero attached hydrogens (tertiary/aromatic N) is 2. The summed E-state index contributed by atoms with van der Waals surface area (Å²) in [6.07, 6.45) is 5.55. The molecule has 2 aliphatic rings. The van der Waals surface area contributed by atoms with Crippen LogP contribution < -0.4 is 4.90 Å². The molecule has 0 spiro atoms. The first-order chi connectivity index (χ1) is 10.6. The van der Waals surface area contributed by atoms with Crippen molar-refractivity contribution in [3.05, 3.63) is 16.0 Å². The van der Waals surface area contributed by atoms with E-state index in [9.17, 15) is 9.59 Å². The van der Waals surface area contributed by atoms with E-state index in [1.165, 1.54) is 28.8 Å². The lowest BCUT2D eigenvalue weighted by atomic mass is 9.94. The van der Waals surface area contributed by atoms with Crippen LogP contribution in [0.4, 0.5) is 5.00 Å². The zero-order valence-electron chi connectivity index (χ0n) is 12.9. The number of carboxylic acid groups (broad SMARTS) is 1. The van der Waals surface area contributed by atoms with Gasteiger partial charge < -0.3 is 5.11 Å². The smallest absolute Gasteiger partial charge is 0.303 e. The predicted molar refractivity (Wildman–Crippen MR) is 86.3 cm³/mol. The van der Waals surface area contributed by atoms with E-state index in [-0.39, 0.29) is 12.3 Å². The molecule has 0 unspecified atom stereocenters. The third-order valence-corrected chi connectivity index (χ3v) is 5.83. The van der Waals surface area contributed by atoms with E-state index in [4.69, 9.17) is 5.11 Å². The van der Waals surface area contributed by atoms with Gasteiger partial charge in [0, 0.05) is 36.9 Å². The molecule has 1 aromatic rings. The highest BCUT2D eigenvalue weighted by Crippen LogP contribution is 2.43. The lowest BCUT2D eigenvalue weighted by Crippen LogP contribution is -2.44. The molecule has 0 saturated heterocycles. The Morgan fingerprint density at radius 1 is 1.23 bits per heavy atom. The molecule has 0 saturated carbocycles. The first-order valence-electron chi connectivity index (χ1n) is 7.92. The van der Waals surface area contributed by atoms with Gasteiger partial charge in [-0.15, -0.1) is 11.3 Å². The largest absolute Gasteiger partial charge is 0.481 e. The molecule has 0 fully saturated rings. The summed E-state index contributed by atoms with van der Waals surface area (Å²) in [5.74, 6) is -0.684. The molecule has 1 amide bonds. The normalized spacial score (nSPS) is 18.0. The number of carboxylic acids is 1. The van der Waals surface area contributed by atoms with Crippen molar-refractivity contribution in [1.82, 2.24) is 4.90 Å². The highest BCUT2D eigenvalue weighted by atomic mass is 32.1. The Balaban J connectivity index is 1.81. The van der Waals surface area contributed by atoms with Crippen LogP contribution in [0.3, 0.4) is 0 Å².